The van der Waals surface area contributed by atoms with Crippen LogP contribution in [0.25, 0.3) is 11.0 Å². The molecule has 2 aromatic heterocycles. The lowest BCUT2D eigenvalue weighted by Crippen LogP contribution is -2.03. The number of rotatable bonds is 4. The van der Waals surface area contributed by atoms with Gasteiger partial charge in [-0.25, -0.2) is 4.79 Å². The van der Waals surface area contributed by atoms with E-state index in [-0.39, 0.29) is 5.56 Å². The van der Waals surface area contributed by atoms with E-state index in [2.05, 4.69) is 4.98 Å². The normalized spacial score (nSPS) is 10.9. The van der Waals surface area contributed by atoms with E-state index in [0.717, 1.165) is 11.1 Å². The first kappa shape index (κ1) is 11.6. The van der Waals surface area contributed by atoms with Crippen molar-refractivity contribution in [3.63, 3.8) is 0 Å². The van der Waals surface area contributed by atoms with E-state index in [1.807, 2.05) is 17.6 Å². The molecule has 0 unspecified atom stereocenters. The Morgan fingerprint density at radius 3 is 3.00 bits per heavy atom. The van der Waals surface area contributed by atoms with Gasteiger partial charge in [0.2, 0.25) is 0 Å². The lowest BCUT2D eigenvalue weighted by Gasteiger charge is -2.05. The van der Waals surface area contributed by atoms with Crippen LogP contribution in [0.1, 0.15) is 15.9 Å². The number of aryl methyl sites for hydroxylation is 1. The van der Waals surface area contributed by atoms with Crippen LogP contribution < -0.4 is 0 Å². The number of carbonyl (C=O) groups is 1. The van der Waals surface area contributed by atoms with Crippen LogP contribution in [0.4, 0.5) is 0 Å². The highest BCUT2D eigenvalue weighted by Crippen LogP contribution is 2.22. The smallest absolute Gasteiger partial charge is 0.339 e. The number of aromatic nitrogens is 2. The Morgan fingerprint density at radius 1 is 1.59 bits per heavy atom. The van der Waals surface area contributed by atoms with Gasteiger partial charge in [0.15, 0.2) is 0 Å². The minimum absolute atomic E-state index is 0.236. The summed E-state index contributed by atoms with van der Waals surface area (Å²) in [5, 5.41) is 9.13. The van der Waals surface area contributed by atoms with E-state index in [1.165, 1.54) is 0 Å². The maximum Gasteiger partial charge on any atom is 0.339 e. The standard InChI is InChI=1S/C12H14N2O3/c1-8-3-4-13-10-9(12(15)16)7-14(11(8)10)5-6-17-2/h3-4,7H,5-6H2,1-2H3,(H,15,16). The van der Waals surface area contributed by atoms with Crippen LogP contribution in [0.15, 0.2) is 18.5 Å². The number of aromatic carboxylic acids is 1. The van der Waals surface area contributed by atoms with E-state index in [4.69, 9.17) is 9.84 Å². The third-order valence-electron chi connectivity index (χ3n) is 2.72. The van der Waals surface area contributed by atoms with Gasteiger partial charge in [-0.05, 0) is 18.6 Å². The number of ether oxygens (including phenoxy) is 1. The van der Waals surface area contributed by atoms with Crippen molar-refractivity contribution in [2.45, 2.75) is 13.5 Å². The summed E-state index contributed by atoms with van der Waals surface area (Å²) in [4.78, 5) is 15.3. The van der Waals surface area contributed by atoms with Gasteiger partial charge in [0.25, 0.3) is 0 Å². The van der Waals surface area contributed by atoms with Gasteiger partial charge >= 0.3 is 5.97 Å². The molecule has 90 valence electrons. The number of methoxy groups -OCH3 is 1. The summed E-state index contributed by atoms with van der Waals surface area (Å²) >= 11 is 0. The number of carboxylic acids is 1. The third kappa shape index (κ3) is 2.01. The van der Waals surface area contributed by atoms with Crippen LogP contribution in [0.2, 0.25) is 0 Å². The fourth-order valence-electron chi connectivity index (χ4n) is 1.91. The molecule has 5 heteroatoms. The van der Waals surface area contributed by atoms with Crippen molar-refractivity contribution in [1.29, 1.82) is 0 Å². The van der Waals surface area contributed by atoms with E-state index >= 15 is 0 Å². The summed E-state index contributed by atoms with van der Waals surface area (Å²) in [5.41, 5.74) is 2.65. The average Bonchev–Trinajstić information content (AvgIpc) is 2.67. The van der Waals surface area contributed by atoms with Crippen molar-refractivity contribution in [3.8, 4) is 0 Å². The number of hydrogen-bond donors (Lipinski definition) is 1. The third-order valence-corrected chi connectivity index (χ3v) is 2.72. The summed E-state index contributed by atoms with van der Waals surface area (Å²) in [6.45, 7) is 3.10. The molecule has 0 bridgehead atoms. The van der Waals surface area contributed by atoms with Gasteiger partial charge < -0.3 is 14.4 Å². The van der Waals surface area contributed by atoms with E-state index < -0.39 is 5.97 Å². The van der Waals surface area contributed by atoms with E-state index in [1.54, 1.807) is 19.5 Å². The molecule has 0 fully saturated rings. The number of nitrogens with zero attached hydrogens (tertiary/aromatic N) is 2. The molecule has 0 saturated carbocycles. The Bertz CT molecular complexity index is 560. The minimum atomic E-state index is -0.954. The quantitative estimate of drug-likeness (QED) is 0.874. The van der Waals surface area contributed by atoms with Crippen molar-refractivity contribution in [1.82, 2.24) is 9.55 Å². The Kier molecular flexibility index (Phi) is 3.10. The first-order valence-electron chi connectivity index (χ1n) is 5.32. The molecule has 0 aromatic carbocycles. The molecule has 0 aliphatic carbocycles. The molecule has 1 N–H and O–H groups in total. The summed E-state index contributed by atoms with van der Waals surface area (Å²) in [7, 11) is 1.62. The maximum atomic E-state index is 11.1. The summed E-state index contributed by atoms with van der Waals surface area (Å²) < 4.78 is 6.90. The second kappa shape index (κ2) is 4.55. The molecule has 0 aliphatic rings. The second-order valence-electron chi connectivity index (χ2n) is 3.86. The first-order chi connectivity index (χ1) is 8.15. The summed E-state index contributed by atoms with van der Waals surface area (Å²) in [6.07, 6.45) is 3.25. The van der Waals surface area contributed by atoms with Crippen LogP contribution in [-0.4, -0.2) is 34.3 Å². The molecular formula is C12H14N2O3. The fraction of sp³-hybridized carbons (Fsp3) is 0.333. The van der Waals surface area contributed by atoms with Crippen LogP contribution in [0, 0.1) is 6.92 Å². The summed E-state index contributed by atoms with van der Waals surface area (Å²) in [5.74, 6) is -0.954. The zero-order chi connectivity index (χ0) is 12.4. The topological polar surface area (TPSA) is 64.3 Å². The van der Waals surface area contributed by atoms with Gasteiger partial charge in [0.05, 0.1) is 12.1 Å². The largest absolute Gasteiger partial charge is 0.478 e. The number of carboxylic acid groups (broad SMARTS) is 1. The van der Waals surface area contributed by atoms with Crippen LogP contribution >= 0.6 is 0 Å². The molecule has 0 atom stereocenters. The van der Waals surface area contributed by atoms with Gasteiger partial charge in [-0.15, -0.1) is 0 Å². The lowest BCUT2D eigenvalue weighted by atomic mass is 10.2. The van der Waals surface area contributed by atoms with Crippen LogP contribution in [-0.2, 0) is 11.3 Å². The van der Waals surface area contributed by atoms with Crippen molar-refractivity contribution in [2.24, 2.45) is 0 Å². The zero-order valence-corrected chi connectivity index (χ0v) is 9.80. The van der Waals surface area contributed by atoms with E-state index in [0.29, 0.717) is 18.7 Å². The Balaban J connectivity index is 2.63. The molecular weight excluding hydrogens is 220 g/mol. The highest BCUT2D eigenvalue weighted by molar-refractivity contribution is 6.02. The molecule has 0 aliphatic heterocycles. The maximum absolute atomic E-state index is 11.1. The first-order valence-corrected chi connectivity index (χ1v) is 5.32. The molecule has 0 spiro atoms. The van der Waals surface area contributed by atoms with E-state index in [9.17, 15) is 4.79 Å². The molecule has 0 radical (unpaired) electrons. The van der Waals surface area contributed by atoms with Gasteiger partial charge in [-0.2, -0.15) is 0 Å². The van der Waals surface area contributed by atoms with Crippen LogP contribution in [0.3, 0.4) is 0 Å². The molecule has 0 saturated heterocycles. The van der Waals surface area contributed by atoms with Crippen molar-refractivity contribution < 1.29 is 14.6 Å². The Morgan fingerprint density at radius 2 is 2.35 bits per heavy atom. The van der Waals surface area contributed by atoms with Crippen LogP contribution in [0.5, 0.6) is 0 Å². The Hall–Kier alpha value is -1.88. The summed E-state index contributed by atoms with van der Waals surface area (Å²) in [6, 6.07) is 1.87. The predicted molar refractivity (Wildman–Crippen MR) is 63.3 cm³/mol. The Labute approximate surface area is 98.6 Å². The highest BCUT2D eigenvalue weighted by atomic mass is 16.5. The van der Waals surface area contributed by atoms with Gasteiger partial charge in [0, 0.05) is 26.0 Å². The molecule has 2 rings (SSSR count). The second-order valence-corrected chi connectivity index (χ2v) is 3.86. The molecule has 2 aromatic rings. The van der Waals surface area contributed by atoms with Gasteiger partial charge in [0.1, 0.15) is 11.1 Å². The fourth-order valence-corrected chi connectivity index (χ4v) is 1.91. The highest BCUT2D eigenvalue weighted by Gasteiger charge is 2.16. The lowest BCUT2D eigenvalue weighted by molar-refractivity contribution is 0.0698. The minimum Gasteiger partial charge on any atom is -0.478 e. The average molecular weight is 234 g/mol. The van der Waals surface area contributed by atoms with Crippen molar-refractivity contribution in [2.75, 3.05) is 13.7 Å². The zero-order valence-electron chi connectivity index (χ0n) is 9.80. The van der Waals surface area contributed by atoms with Crippen molar-refractivity contribution in [3.05, 3.63) is 29.6 Å². The number of pyridine rings is 1. The van der Waals surface area contributed by atoms with Gasteiger partial charge in [-0.1, -0.05) is 0 Å². The molecule has 2 heterocycles. The monoisotopic (exact) mass is 234 g/mol. The molecule has 0 amide bonds. The predicted octanol–water partition coefficient (Wildman–Crippen LogP) is 1.69. The van der Waals surface area contributed by atoms with Crippen molar-refractivity contribution >= 4 is 17.0 Å². The SMILES string of the molecule is COCCn1cc(C(=O)O)c2nccc(C)c21. The van der Waals surface area contributed by atoms with Gasteiger partial charge in [-0.3, -0.25) is 4.98 Å². The molecule has 17 heavy (non-hydrogen) atoms. The number of hydrogen-bond acceptors (Lipinski definition) is 3. The molecule has 5 nitrogen and oxygen atoms in total. The number of fused-ring (bicyclic) bond motifs is 1.